The van der Waals surface area contributed by atoms with Gasteiger partial charge in [-0.05, 0) is 20.0 Å². The molecule has 5 heteroatoms. The number of halogens is 1. The molecule has 1 unspecified atom stereocenters. The summed E-state index contributed by atoms with van der Waals surface area (Å²) in [5.41, 5.74) is 1.73. The normalized spacial score (nSPS) is 18.1. The minimum Gasteiger partial charge on any atom is -0.390 e. The third-order valence-corrected chi connectivity index (χ3v) is 3.74. The maximum Gasteiger partial charge on any atom is 0.127 e. The van der Waals surface area contributed by atoms with E-state index in [9.17, 15) is 9.50 Å². The smallest absolute Gasteiger partial charge is 0.127 e. The summed E-state index contributed by atoms with van der Waals surface area (Å²) in [6.07, 6.45) is -0.430. The van der Waals surface area contributed by atoms with Crippen LogP contribution in [0.4, 0.5) is 4.39 Å². The molecule has 1 aromatic carbocycles. The van der Waals surface area contributed by atoms with Crippen LogP contribution in [-0.2, 0) is 11.3 Å². The largest absolute Gasteiger partial charge is 0.390 e. The quantitative estimate of drug-likeness (QED) is 0.857. The lowest BCUT2D eigenvalue weighted by atomic mass is 10.1. The van der Waals surface area contributed by atoms with Crippen molar-refractivity contribution in [2.75, 3.05) is 46.4 Å². The fraction of sp³-hybridized carbons (Fsp3) is 0.625. The summed E-state index contributed by atoms with van der Waals surface area (Å²) in [5, 5.41) is 10.2. The highest BCUT2D eigenvalue weighted by molar-refractivity contribution is 5.23. The van der Waals surface area contributed by atoms with Gasteiger partial charge in [0.15, 0.2) is 0 Å². The van der Waals surface area contributed by atoms with Gasteiger partial charge in [0, 0.05) is 38.3 Å². The Bertz CT molecular complexity index is 450. The van der Waals surface area contributed by atoms with Crippen molar-refractivity contribution in [2.45, 2.75) is 19.6 Å². The molecule has 0 saturated carbocycles. The average molecular weight is 296 g/mol. The first kappa shape index (κ1) is 16.4. The van der Waals surface area contributed by atoms with Crippen LogP contribution in [0.1, 0.15) is 11.1 Å². The summed E-state index contributed by atoms with van der Waals surface area (Å²) in [6.45, 7) is 6.84. The first-order valence-electron chi connectivity index (χ1n) is 7.46. The molecule has 0 radical (unpaired) electrons. The topological polar surface area (TPSA) is 35.9 Å². The van der Waals surface area contributed by atoms with E-state index < -0.39 is 6.10 Å². The van der Waals surface area contributed by atoms with Gasteiger partial charge in [-0.3, -0.25) is 9.80 Å². The van der Waals surface area contributed by atoms with Gasteiger partial charge >= 0.3 is 0 Å². The van der Waals surface area contributed by atoms with E-state index in [0.717, 1.165) is 31.9 Å². The van der Waals surface area contributed by atoms with Crippen LogP contribution in [0.2, 0.25) is 0 Å². The molecule has 2 rings (SSSR count). The zero-order chi connectivity index (χ0) is 15.2. The highest BCUT2D eigenvalue weighted by Gasteiger charge is 2.16. The fourth-order valence-electron chi connectivity index (χ4n) is 2.68. The Morgan fingerprint density at radius 2 is 2.10 bits per heavy atom. The third kappa shape index (κ3) is 5.36. The third-order valence-electron chi connectivity index (χ3n) is 3.74. The molecule has 1 aliphatic heterocycles. The molecular weight excluding hydrogens is 271 g/mol. The van der Waals surface area contributed by atoms with Gasteiger partial charge in [-0.15, -0.1) is 0 Å². The van der Waals surface area contributed by atoms with E-state index in [1.807, 2.05) is 24.9 Å². The second-order valence-electron chi connectivity index (χ2n) is 5.86. The number of aliphatic hydroxyl groups excluding tert-OH is 1. The number of hydrogen-bond acceptors (Lipinski definition) is 4. The number of β-amino-alcohol motifs (C(OH)–C–C–N with tert-alkyl or cyclic N) is 1. The summed E-state index contributed by atoms with van der Waals surface area (Å²) in [5.74, 6) is -0.185. The van der Waals surface area contributed by atoms with Gasteiger partial charge in [0.1, 0.15) is 5.82 Å². The van der Waals surface area contributed by atoms with E-state index in [0.29, 0.717) is 25.2 Å². The maximum atomic E-state index is 13.7. The van der Waals surface area contributed by atoms with Crippen molar-refractivity contribution < 1.29 is 14.2 Å². The maximum absolute atomic E-state index is 13.7. The SMILES string of the molecule is Cc1ccc(F)c(CN(C)CC(O)CN2CCOCC2)c1. The lowest BCUT2D eigenvalue weighted by Crippen LogP contribution is -2.44. The Kier molecular flexibility index (Phi) is 6.11. The minimum atomic E-state index is -0.430. The van der Waals surface area contributed by atoms with E-state index in [-0.39, 0.29) is 5.82 Å². The van der Waals surface area contributed by atoms with Crippen LogP contribution in [0.3, 0.4) is 0 Å². The van der Waals surface area contributed by atoms with Crippen molar-refractivity contribution in [3.63, 3.8) is 0 Å². The predicted octanol–water partition coefficient (Wildman–Crippen LogP) is 1.26. The van der Waals surface area contributed by atoms with Crippen molar-refractivity contribution in [1.29, 1.82) is 0 Å². The van der Waals surface area contributed by atoms with Gasteiger partial charge in [-0.25, -0.2) is 4.39 Å². The summed E-state index contributed by atoms with van der Waals surface area (Å²) in [6, 6.07) is 5.13. The van der Waals surface area contributed by atoms with Crippen molar-refractivity contribution in [2.24, 2.45) is 0 Å². The number of rotatable bonds is 6. The first-order valence-corrected chi connectivity index (χ1v) is 7.46. The second-order valence-corrected chi connectivity index (χ2v) is 5.86. The van der Waals surface area contributed by atoms with Crippen molar-refractivity contribution in [1.82, 2.24) is 9.80 Å². The highest BCUT2D eigenvalue weighted by Crippen LogP contribution is 2.12. The zero-order valence-electron chi connectivity index (χ0n) is 12.9. The summed E-state index contributed by atoms with van der Waals surface area (Å²) >= 11 is 0. The number of benzene rings is 1. The monoisotopic (exact) mass is 296 g/mol. The van der Waals surface area contributed by atoms with Gasteiger partial charge < -0.3 is 9.84 Å². The molecular formula is C16H25FN2O2. The van der Waals surface area contributed by atoms with Crippen LogP contribution >= 0.6 is 0 Å². The Morgan fingerprint density at radius 1 is 1.38 bits per heavy atom. The van der Waals surface area contributed by atoms with Crippen LogP contribution in [-0.4, -0.2) is 67.5 Å². The number of likely N-dealkylation sites (N-methyl/N-ethyl adjacent to an activating group) is 1. The molecule has 1 fully saturated rings. The molecule has 0 aromatic heterocycles. The molecule has 1 atom stereocenters. The summed E-state index contributed by atoms with van der Waals surface area (Å²) in [4.78, 5) is 4.16. The van der Waals surface area contributed by atoms with Crippen LogP contribution in [0.15, 0.2) is 18.2 Å². The van der Waals surface area contributed by atoms with E-state index in [4.69, 9.17) is 4.74 Å². The van der Waals surface area contributed by atoms with Crippen LogP contribution in [0.25, 0.3) is 0 Å². The van der Waals surface area contributed by atoms with Crippen LogP contribution in [0.5, 0.6) is 0 Å². The number of ether oxygens (including phenoxy) is 1. The van der Waals surface area contributed by atoms with Gasteiger partial charge in [-0.1, -0.05) is 17.7 Å². The molecule has 1 N–H and O–H groups in total. The lowest BCUT2D eigenvalue weighted by Gasteiger charge is -2.30. The van der Waals surface area contributed by atoms with E-state index in [2.05, 4.69) is 4.90 Å². The molecule has 4 nitrogen and oxygen atoms in total. The molecule has 1 heterocycles. The Balaban J connectivity index is 1.80. The molecule has 0 spiro atoms. The second kappa shape index (κ2) is 7.84. The number of nitrogens with zero attached hydrogens (tertiary/aromatic N) is 2. The lowest BCUT2D eigenvalue weighted by molar-refractivity contribution is 0.00819. The Labute approximate surface area is 126 Å². The summed E-state index contributed by atoms with van der Waals surface area (Å²) < 4.78 is 19.0. The number of morpholine rings is 1. The van der Waals surface area contributed by atoms with E-state index in [1.54, 1.807) is 6.07 Å². The van der Waals surface area contributed by atoms with E-state index in [1.165, 1.54) is 6.07 Å². The first-order chi connectivity index (χ1) is 10.0. The zero-order valence-corrected chi connectivity index (χ0v) is 12.9. The summed E-state index contributed by atoms with van der Waals surface area (Å²) in [7, 11) is 1.91. The van der Waals surface area contributed by atoms with Gasteiger partial charge in [0.25, 0.3) is 0 Å². The molecule has 1 aliphatic rings. The number of hydrogen-bond donors (Lipinski definition) is 1. The molecule has 1 saturated heterocycles. The standard InChI is InChI=1S/C16H25FN2O2/c1-13-3-4-16(17)14(9-13)10-18(2)11-15(20)12-19-5-7-21-8-6-19/h3-4,9,15,20H,5-8,10-12H2,1-2H3. The van der Waals surface area contributed by atoms with Gasteiger partial charge in [-0.2, -0.15) is 0 Å². The van der Waals surface area contributed by atoms with Crippen LogP contribution in [0, 0.1) is 12.7 Å². The molecule has 0 bridgehead atoms. The molecule has 0 amide bonds. The number of aliphatic hydroxyl groups is 1. The molecule has 118 valence electrons. The molecule has 1 aromatic rings. The van der Waals surface area contributed by atoms with Crippen molar-refractivity contribution >= 4 is 0 Å². The Hall–Kier alpha value is -1.01. The van der Waals surface area contributed by atoms with Crippen molar-refractivity contribution in [3.8, 4) is 0 Å². The minimum absolute atomic E-state index is 0.185. The van der Waals surface area contributed by atoms with Gasteiger partial charge in [0.2, 0.25) is 0 Å². The molecule has 21 heavy (non-hydrogen) atoms. The Morgan fingerprint density at radius 3 is 2.81 bits per heavy atom. The van der Waals surface area contributed by atoms with Crippen LogP contribution < -0.4 is 0 Å². The van der Waals surface area contributed by atoms with Gasteiger partial charge in [0.05, 0.1) is 19.3 Å². The van der Waals surface area contributed by atoms with Crippen molar-refractivity contribution in [3.05, 3.63) is 35.1 Å². The number of aryl methyl sites for hydroxylation is 1. The fourth-order valence-corrected chi connectivity index (χ4v) is 2.68. The van der Waals surface area contributed by atoms with E-state index >= 15 is 0 Å². The molecule has 0 aliphatic carbocycles. The predicted molar refractivity (Wildman–Crippen MR) is 80.7 cm³/mol. The highest BCUT2D eigenvalue weighted by atomic mass is 19.1. The average Bonchev–Trinajstić information content (AvgIpc) is 2.43.